The van der Waals surface area contributed by atoms with E-state index in [9.17, 15) is 18.0 Å². The minimum absolute atomic E-state index is 0. The van der Waals surface area contributed by atoms with Gasteiger partial charge in [-0.3, -0.25) is 4.79 Å². The minimum atomic E-state index is -4.36. The van der Waals surface area contributed by atoms with Gasteiger partial charge in [0, 0.05) is 6.42 Å². The molecule has 154 valence electrons. The van der Waals surface area contributed by atoms with Gasteiger partial charge in [-0.05, 0) is 62.4 Å². The molecule has 4 nitrogen and oxygen atoms in total. The summed E-state index contributed by atoms with van der Waals surface area (Å²) in [5.41, 5.74) is 0.824. The van der Waals surface area contributed by atoms with Crippen molar-refractivity contribution in [2.45, 2.75) is 45.3 Å². The number of piperidine rings is 1. The maximum absolute atomic E-state index is 12.3. The zero-order chi connectivity index (χ0) is 19.2. The standard InChI is InChI=1S/C19H27F3N2O2.ClH/c1-13(16-4-3-9-23-11-16)10-18(25)24-14(2)15-5-7-17(8-6-15)26-12-19(20,21)22;/h5-8,13-14,16,23H,3-4,9-12H2,1-2H3,(H,24,25);1H. The Morgan fingerprint density at radius 1 is 1.30 bits per heavy atom. The van der Waals surface area contributed by atoms with Gasteiger partial charge in [-0.15, -0.1) is 12.4 Å². The summed E-state index contributed by atoms with van der Waals surface area (Å²) >= 11 is 0. The number of hydrogen-bond donors (Lipinski definition) is 2. The van der Waals surface area contributed by atoms with Crippen molar-refractivity contribution in [2.24, 2.45) is 11.8 Å². The Bertz CT molecular complexity index is 575. The van der Waals surface area contributed by atoms with Crippen LogP contribution in [0.5, 0.6) is 5.75 Å². The highest BCUT2D eigenvalue weighted by molar-refractivity contribution is 5.85. The number of ether oxygens (including phenoxy) is 1. The van der Waals surface area contributed by atoms with Crippen LogP contribution in [0.25, 0.3) is 0 Å². The number of hydrogen-bond acceptors (Lipinski definition) is 3. The van der Waals surface area contributed by atoms with Crippen molar-refractivity contribution < 1.29 is 22.7 Å². The van der Waals surface area contributed by atoms with Crippen LogP contribution in [0.1, 0.15) is 44.7 Å². The molecule has 0 aromatic heterocycles. The van der Waals surface area contributed by atoms with Gasteiger partial charge in [0.1, 0.15) is 5.75 Å². The van der Waals surface area contributed by atoms with E-state index in [4.69, 9.17) is 0 Å². The first kappa shape index (κ1) is 23.6. The van der Waals surface area contributed by atoms with Crippen molar-refractivity contribution in [3.8, 4) is 5.75 Å². The van der Waals surface area contributed by atoms with E-state index < -0.39 is 12.8 Å². The Labute approximate surface area is 164 Å². The molecule has 1 aromatic carbocycles. The molecule has 3 atom stereocenters. The van der Waals surface area contributed by atoms with Gasteiger partial charge in [0.15, 0.2) is 6.61 Å². The van der Waals surface area contributed by atoms with E-state index >= 15 is 0 Å². The summed E-state index contributed by atoms with van der Waals surface area (Å²) < 4.78 is 41.2. The van der Waals surface area contributed by atoms with Gasteiger partial charge in [0.2, 0.25) is 5.91 Å². The Morgan fingerprint density at radius 2 is 1.96 bits per heavy atom. The Hall–Kier alpha value is -1.47. The average Bonchev–Trinajstić information content (AvgIpc) is 2.60. The van der Waals surface area contributed by atoms with Crippen molar-refractivity contribution in [1.29, 1.82) is 0 Å². The van der Waals surface area contributed by atoms with E-state index in [-0.39, 0.29) is 30.1 Å². The van der Waals surface area contributed by atoms with Crippen molar-refractivity contribution in [1.82, 2.24) is 10.6 Å². The summed E-state index contributed by atoms with van der Waals surface area (Å²) in [6.07, 6.45) is -1.58. The highest BCUT2D eigenvalue weighted by Gasteiger charge is 2.28. The third-order valence-electron chi connectivity index (χ3n) is 4.81. The molecule has 1 heterocycles. The SMILES string of the molecule is CC(NC(=O)CC(C)C1CCCNC1)c1ccc(OCC(F)(F)F)cc1.Cl. The molecule has 1 amide bonds. The predicted molar refractivity (Wildman–Crippen MR) is 101 cm³/mol. The van der Waals surface area contributed by atoms with Crippen LogP contribution in [0.2, 0.25) is 0 Å². The molecule has 0 radical (unpaired) electrons. The maximum atomic E-state index is 12.3. The number of benzene rings is 1. The highest BCUT2D eigenvalue weighted by Crippen LogP contribution is 2.24. The molecule has 2 rings (SSSR count). The van der Waals surface area contributed by atoms with Crippen LogP contribution in [0.4, 0.5) is 13.2 Å². The number of nitrogens with one attached hydrogen (secondary N) is 2. The topological polar surface area (TPSA) is 50.4 Å². The normalized spacial score (nSPS) is 19.5. The number of amides is 1. The second-order valence-electron chi connectivity index (χ2n) is 7.05. The summed E-state index contributed by atoms with van der Waals surface area (Å²) in [4.78, 5) is 12.3. The van der Waals surface area contributed by atoms with E-state index in [1.165, 1.54) is 12.1 Å². The lowest BCUT2D eigenvalue weighted by Crippen LogP contribution is -2.36. The van der Waals surface area contributed by atoms with Gasteiger partial charge in [-0.2, -0.15) is 13.2 Å². The molecule has 1 fully saturated rings. The van der Waals surface area contributed by atoms with E-state index in [1.54, 1.807) is 12.1 Å². The van der Waals surface area contributed by atoms with Crippen LogP contribution < -0.4 is 15.4 Å². The molecule has 27 heavy (non-hydrogen) atoms. The first-order valence-corrected chi connectivity index (χ1v) is 9.04. The van der Waals surface area contributed by atoms with Crippen molar-refractivity contribution in [3.63, 3.8) is 0 Å². The summed E-state index contributed by atoms with van der Waals surface area (Å²) in [6.45, 7) is 4.66. The Morgan fingerprint density at radius 3 is 2.52 bits per heavy atom. The molecule has 1 aromatic rings. The third kappa shape index (κ3) is 8.39. The van der Waals surface area contributed by atoms with Crippen molar-refractivity contribution in [2.75, 3.05) is 19.7 Å². The van der Waals surface area contributed by atoms with Gasteiger partial charge in [0.25, 0.3) is 0 Å². The van der Waals surface area contributed by atoms with Crippen molar-refractivity contribution >= 4 is 18.3 Å². The second-order valence-corrected chi connectivity index (χ2v) is 7.05. The molecule has 0 bridgehead atoms. The van der Waals surface area contributed by atoms with Crippen LogP contribution in [-0.2, 0) is 4.79 Å². The average molecular weight is 409 g/mol. The first-order valence-electron chi connectivity index (χ1n) is 9.04. The number of carbonyl (C=O) groups is 1. The lowest BCUT2D eigenvalue weighted by molar-refractivity contribution is -0.153. The number of halogens is 4. The molecule has 0 saturated carbocycles. The highest BCUT2D eigenvalue weighted by atomic mass is 35.5. The minimum Gasteiger partial charge on any atom is -0.484 e. The lowest BCUT2D eigenvalue weighted by atomic mass is 9.85. The fraction of sp³-hybridized carbons (Fsp3) is 0.632. The fourth-order valence-corrected chi connectivity index (χ4v) is 3.23. The maximum Gasteiger partial charge on any atom is 0.422 e. The van der Waals surface area contributed by atoms with Crippen LogP contribution in [-0.4, -0.2) is 31.8 Å². The van der Waals surface area contributed by atoms with Crippen LogP contribution in [0.15, 0.2) is 24.3 Å². The van der Waals surface area contributed by atoms with Crippen molar-refractivity contribution in [3.05, 3.63) is 29.8 Å². The molecular formula is C19H28ClF3N2O2. The van der Waals surface area contributed by atoms with E-state index in [2.05, 4.69) is 22.3 Å². The van der Waals surface area contributed by atoms with E-state index in [0.717, 1.165) is 31.5 Å². The van der Waals surface area contributed by atoms with E-state index in [0.29, 0.717) is 18.3 Å². The summed E-state index contributed by atoms with van der Waals surface area (Å²) in [5.74, 6) is 0.985. The second kappa shape index (κ2) is 10.8. The van der Waals surface area contributed by atoms with Gasteiger partial charge >= 0.3 is 6.18 Å². The zero-order valence-corrected chi connectivity index (χ0v) is 16.5. The smallest absolute Gasteiger partial charge is 0.422 e. The zero-order valence-electron chi connectivity index (χ0n) is 15.6. The summed E-state index contributed by atoms with van der Waals surface area (Å²) in [6, 6.07) is 6.10. The molecule has 1 saturated heterocycles. The number of rotatable bonds is 7. The fourth-order valence-electron chi connectivity index (χ4n) is 3.23. The molecule has 3 unspecified atom stereocenters. The first-order chi connectivity index (χ1) is 12.2. The predicted octanol–water partition coefficient (Wildman–Crippen LogP) is 4.25. The lowest BCUT2D eigenvalue weighted by Gasteiger charge is -2.28. The van der Waals surface area contributed by atoms with Gasteiger partial charge in [0.05, 0.1) is 6.04 Å². The molecular weight excluding hydrogens is 381 g/mol. The van der Waals surface area contributed by atoms with Crippen LogP contribution >= 0.6 is 12.4 Å². The molecule has 1 aliphatic rings. The summed E-state index contributed by atoms with van der Waals surface area (Å²) in [7, 11) is 0. The third-order valence-corrected chi connectivity index (χ3v) is 4.81. The number of carbonyl (C=O) groups excluding carboxylic acids is 1. The van der Waals surface area contributed by atoms with Crippen LogP contribution in [0, 0.1) is 11.8 Å². The molecule has 0 spiro atoms. The monoisotopic (exact) mass is 408 g/mol. The molecule has 2 N–H and O–H groups in total. The number of alkyl halides is 3. The molecule has 1 aliphatic heterocycles. The summed E-state index contributed by atoms with van der Waals surface area (Å²) in [5, 5.41) is 6.33. The van der Waals surface area contributed by atoms with E-state index in [1.807, 2.05) is 6.92 Å². The van der Waals surface area contributed by atoms with Gasteiger partial charge < -0.3 is 15.4 Å². The Balaban J connectivity index is 0.00000364. The molecule has 8 heteroatoms. The Kier molecular flexibility index (Phi) is 9.39. The largest absolute Gasteiger partial charge is 0.484 e. The van der Waals surface area contributed by atoms with Gasteiger partial charge in [-0.25, -0.2) is 0 Å². The molecule has 0 aliphatic carbocycles. The van der Waals surface area contributed by atoms with Gasteiger partial charge in [-0.1, -0.05) is 19.1 Å². The van der Waals surface area contributed by atoms with Crippen LogP contribution in [0.3, 0.4) is 0 Å². The quantitative estimate of drug-likeness (QED) is 0.709.